The number of benzene rings is 4. The highest BCUT2D eigenvalue weighted by Gasteiger charge is 2.47. The molecule has 0 radical (unpaired) electrons. The monoisotopic (exact) mass is 616 g/mol. The van der Waals surface area contributed by atoms with Crippen LogP contribution in [0.5, 0.6) is 0 Å². The van der Waals surface area contributed by atoms with Gasteiger partial charge in [-0.05, 0) is 22.3 Å². The lowest BCUT2D eigenvalue weighted by atomic mass is 9.91. The van der Waals surface area contributed by atoms with Crippen LogP contribution in [0.1, 0.15) is 22.3 Å². The van der Waals surface area contributed by atoms with Crippen molar-refractivity contribution in [3.8, 4) is 0 Å². The maximum atomic E-state index is 6.68. The molecule has 4 aromatic rings. The summed E-state index contributed by atoms with van der Waals surface area (Å²) in [6.45, 7) is 2.18. The van der Waals surface area contributed by atoms with Crippen LogP contribution in [-0.4, -0.2) is 36.5 Å². The minimum absolute atomic E-state index is 0.103. The summed E-state index contributed by atoms with van der Waals surface area (Å²) < 4.78 is 32.6. The first kappa shape index (κ1) is 29.6. The SMILES string of the molecule is BrC[C@H]1[C@H](OCc2ccccc2)O[C@H](COCc2ccccc2)[C@@H](OCc2ccccc2)[C@@H]1OCc1ccccc1. The van der Waals surface area contributed by atoms with E-state index in [1.807, 2.05) is 72.8 Å². The Kier molecular flexibility index (Phi) is 11.5. The van der Waals surface area contributed by atoms with Gasteiger partial charge in [-0.3, -0.25) is 0 Å². The topological polar surface area (TPSA) is 46.2 Å². The van der Waals surface area contributed by atoms with Crippen molar-refractivity contribution in [1.29, 1.82) is 0 Å². The molecule has 0 aliphatic carbocycles. The largest absolute Gasteiger partial charge is 0.374 e. The van der Waals surface area contributed by atoms with Gasteiger partial charge in [-0.15, -0.1) is 0 Å². The number of halogens is 1. The quantitative estimate of drug-likeness (QED) is 0.139. The second-order valence-electron chi connectivity index (χ2n) is 10.2. The molecular formula is C35H37BrO5. The van der Waals surface area contributed by atoms with Crippen molar-refractivity contribution >= 4 is 15.9 Å². The maximum absolute atomic E-state index is 6.68. The molecule has 1 heterocycles. The van der Waals surface area contributed by atoms with Crippen LogP contribution in [-0.2, 0) is 50.1 Å². The summed E-state index contributed by atoms with van der Waals surface area (Å²) in [5.41, 5.74) is 4.39. The van der Waals surface area contributed by atoms with E-state index >= 15 is 0 Å². The Hall–Kier alpha value is -2.84. The van der Waals surface area contributed by atoms with Gasteiger partial charge in [0, 0.05) is 11.2 Å². The van der Waals surface area contributed by atoms with Gasteiger partial charge in [0.1, 0.15) is 12.2 Å². The average molecular weight is 618 g/mol. The smallest absolute Gasteiger partial charge is 0.164 e. The maximum Gasteiger partial charge on any atom is 0.164 e. The van der Waals surface area contributed by atoms with Crippen LogP contribution in [0.25, 0.3) is 0 Å². The van der Waals surface area contributed by atoms with E-state index in [1.165, 1.54) is 0 Å². The lowest BCUT2D eigenvalue weighted by Crippen LogP contribution is -2.58. The number of ether oxygens (including phenoxy) is 5. The van der Waals surface area contributed by atoms with Crippen LogP contribution in [0, 0.1) is 5.92 Å². The van der Waals surface area contributed by atoms with Crippen molar-refractivity contribution in [1.82, 2.24) is 0 Å². The van der Waals surface area contributed by atoms with E-state index in [-0.39, 0.29) is 24.2 Å². The van der Waals surface area contributed by atoms with Gasteiger partial charge in [0.25, 0.3) is 0 Å². The first-order valence-electron chi connectivity index (χ1n) is 14.1. The molecule has 0 amide bonds. The van der Waals surface area contributed by atoms with Gasteiger partial charge in [-0.1, -0.05) is 137 Å². The lowest BCUT2D eigenvalue weighted by Gasteiger charge is -2.45. The molecule has 1 aliphatic heterocycles. The summed E-state index contributed by atoms with van der Waals surface area (Å²) in [5, 5.41) is 0.634. The van der Waals surface area contributed by atoms with Crippen molar-refractivity contribution < 1.29 is 23.7 Å². The molecule has 5 nitrogen and oxygen atoms in total. The summed E-state index contributed by atoms with van der Waals surface area (Å²) in [5.74, 6) is -0.103. The molecule has 5 rings (SSSR count). The summed E-state index contributed by atoms with van der Waals surface area (Å²) in [6.07, 6.45) is -1.55. The Morgan fingerprint density at radius 3 is 1.39 bits per heavy atom. The van der Waals surface area contributed by atoms with Gasteiger partial charge in [0.2, 0.25) is 0 Å². The highest BCUT2D eigenvalue weighted by Crippen LogP contribution is 2.34. The summed E-state index contributed by atoms with van der Waals surface area (Å²) in [7, 11) is 0. The van der Waals surface area contributed by atoms with E-state index in [0.717, 1.165) is 22.3 Å². The molecule has 0 saturated carbocycles. The van der Waals surface area contributed by atoms with Gasteiger partial charge in [-0.25, -0.2) is 0 Å². The van der Waals surface area contributed by atoms with Gasteiger partial charge < -0.3 is 23.7 Å². The molecule has 0 N–H and O–H groups in total. The van der Waals surface area contributed by atoms with Crippen LogP contribution >= 0.6 is 15.9 Å². The number of alkyl halides is 1. The lowest BCUT2D eigenvalue weighted by molar-refractivity contribution is -0.303. The van der Waals surface area contributed by atoms with Crippen molar-refractivity contribution in [2.24, 2.45) is 5.92 Å². The number of hydrogen-bond acceptors (Lipinski definition) is 5. The Morgan fingerprint density at radius 2 is 0.927 bits per heavy atom. The molecule has 6 heteroatoms. The van der Waals surface area contributed by atoms with E-state index < -0.39 is 6.29 Å². The molecule has 0 unspecified atom stereocenters. The van der Waals surface area contributed by atoms with E-state index in [4.69, 9.17) is 23.7 Å². The zero-order valence-corrected chi connectivity index (χ0v) is 24.7. The zero-order valence-electron chi connectivity index (χ0n) is 23.1. The van der Waals surface area contributed by atoms with E-state index in [1.54, 1.807) is 0 Å². The van der Waals surface area contributed by atoms with Gasteiger partial charge in [0.15, 0.2) is 6.29 Å². The van der Waals surface area contributed by atoms with Crippen LogP contribution in [0.4, 0.5) is 0 Å². The molecule has 1 fully saturated rings. The Morgan fingerprint density at radius 1 is 0.512 bits per heavy atom. The minimum atomic E-state index is -0.503. The highest BCUT2D eigenvalue weighted by atomic mass is 79.9. The van der Waals surface area contributed by atoms with E-state index in [0.29, 0.717) is 38.4 Å². The second kappa shape index (κ2) is 16.0. The molecular weight excluding hydrogens is 580 g/mol. The Labute approximate surface area is 251 Å². The molecule has 0 aromatic heterocycles. The average Bonchev–Trinajstić information content (AvgIpc) is 3.04. The van der Waals surface area contributed by atoms with Crippen LogP contribution in [0.2, 0.25) is 0 Å². The fraction of sp³-hybridized carbons (Fsp3) is 0.314. The summed E-state index contributed by atoms with van der Waals surface area (Å²) in [4.78, 5) is 0. The van der Waals surface area contributed by atoms with Crippen LogP contribution in [0.15, 0.2) is 121 Å². The predicted octanol–water partition coefficient (Wildman–Crippen LogP) is 7.33. The normalized spacial score (nSPS) is 22.4. The fourth-order valence-electron chi connectivity index (χ4n) is 4.99. The molecule has 5 atom stereocenters. The van der Waals surface area contributed by atoms with Gasteiger partial charge >= 0.3 is 0 Å². The van der Waals surface area contributed by atoms with Gasteiger partial charge in [-0.2, -0.15) is 0 Å². The third-order valence-electron chi connectivity index (χ3n) is 7.17. The molecule has 214 valence electrons. The number of rotatable bonds is 14. The van der Waals surface area contributed by atoms with Crippen molar-refractivity contribution in [3.05, 3.63) is 144 Å². The van der Waals surface area contributed by atoms with Crippen molar-refractivity contribution in [2.75, 3.05) is 11.9 Å². The molecule has 1 saturated heterocycles. The van der Waals surface area contributed by atoms with Crippen LogP contribution < -0.4 is 0 Å². The standard InChI is InChI=1S/C35H37BrO5/c36-21-31-33(38-23-28-15-7-2-8-16-28)34(39-24-29-17-9-3-10-18-29)32(26-37-22-27-13-5-1-6-14-27)41-35(31)40-25-30-19-11-4-12-20-30/h1-20,31-35H,21-26H2/t31-,32-,33-,34-,35-/m1/s1. The molecule has 1 aliphatic rings. The van der Waals surface area contributed by atoms with Crippen LogP contribution in [0.3, 0.4) is 0 Å². The van der Waals surface area contributed by atoms with E-state index in [2.05, 4.69) is 64.5 Å². The van der Waals surface area contributed by atoms with E-state index in [9.17, 15) is 0 Å². The van der Waals surface area contributed by atoms with Crippen molar-refractivity contribution in [3.63, 3.8) is 0 Å². The molecule has 0 bridgehead atoms. The molecule has 41 heavy (non-hydrogen) atoms. The number of hydrogen-bond donors (Lipinski definition) is 0. The molecule has 0 spiro atoms. The Balaban J connectivity index is 1.37. The fourth-order valence-corrected chi connectivity index (χ4v) is 5.67. The molecule has 4 aromatic carbocycles. The predicted molar refractivity (Wildman–Crippen MR) is 163 cm³/mol. The summed E-state index contributed by atoms with van der Waals surface area (Å²) >= 11 is 3.74. The minimum Gasteiger partial charge on any atom is -0.374 e. The highest BCUT2D eigenvalue weighted by molar-refractivity contribution is 9.09. The first-order valence-corrected chi connectivity index (χ1v) is 15.2. The zero-order chi connectivity index (χ0) is 28.1. The third kappa shape index (κ3) is 8.82. The van der Waals surface area contributed by atoms with Gasteiger partial charge in [0.05, 0.1) is 39.1 Å². The first-order chi connectivity index (χ1) is 20.3. The second-order valence-corrected chi connectivity index (χ2v) is 10.8. The van der Waals surface area contributed by atoms with Crippen molar-refractivity contribution in [2.45, 2.75) is 51.0 Å². The third-order valence-corrected chi connectivity index (χ3v) is 7.92. The Bertz CT molecular complexity index is 1260. The summed E-state index contributed by atoms with van der Waals surface area (Å²) in [6, 6.07) is 40.7.